The van der Waals surface area contributed by atoms with Gasteiger partial charge in [0.15, 0.2) is 0 Å². The molecule has 6 nitrogen and oxygen atoms in total. The van der Waals surface area contributed by atoms with Gasteiger partial charge in [-0.3, -0.25) is 9.62 Å². The maximum Gasteiger partial charge on any atom is 0.301 e. The molecule has 0 saturated carbocycles. The van der Waals surface area contributed by atoms with E-state index >= 15 is 0 Å². The summed E-state index contributed by atoms with van der Waals surface area (Å²) in [4.78, 5) is 2.34. The zero-order valence-electron chi connectivity index (χ0n) is 18.0. The normalized spacial score (nSPS) is 15.9. The van der Waals surface area contributed by atoms with Gasteiger partial charge in [0.05, 0.1) is 6.10 Å². The molecule has 0 amide bonds. The molecule has 0 unspecified atom stereocenters. The Bertz CT molecular complexity index is 706. The molecule has 0 aliphatic carbocycles. The Morgan fingerprint density at radius 1 is 1.03 bits per heavy atom. The van der Waals surface area contributed by atoms with E-state index in [9.17, 15) is 8.42 Å². The quantitative estimate of drug-likeness (QED) is 0.333. The van der Waals surface area contributed by atoms with Crippen molar-refractivity contribution in [2.45, 2.75) is 44.6 Å². The van der Waals surface area contributed by atoms with Gasteiger partial charge in [0.2, 0.25) is 0 Å². The fraction of sp³-hybridized carbons (Fsp3) is 0.565. The lowest BCUT2D eigenvalue weighted by molar-refractivity contribution is 0.0193. The zero-order valence-corrected chi connectivity index (χ0v) is 18.9. The summed E-state index contributed by atoms with van der Waals surface area (Å²) >= 11 is 0. The van der Waals surface area contributed by atoms with Crippen molar-refractivity contribution in [1.82, 2.24) is 9.21 Å². The van der Waals surface area contributed by atoms with Crippen LogP contribution >= 0.6 is 0 Å². The summed E-state index contributed by atoms with van der Waals surface area (Å²) in [7, 11) is -3.50. The highest BCUT2D eigenvalue weighted by Crippen LogP contribution is 2.19. The highest BCUT2D eigenvalue weighted by Gasteiger charge is 2.28. The van der Waals surface area contributed by atoms with Crippen LogP contribution in [0.25, 0.3) is 0 Å². The van der Waals surface area contributed by atoms with Crippen molar-refractivity contribution < 1.29 is 13.2 Å². The predicted molar refractivity (Wildman–Crippen MR) is 125 cm³/mol. The van der Waals surface area contributed by atoms with E-state index in [0.29, 0.717) is 18.8 Å². The van der Waals surface area contributed by atoms with Gasteiger partial charge in [-0.05, 0) is 44.4 Å². The first-order chi connectivity index (χ1) is 14.5. The van der Waals surface area contributed by atoms with Crippen molar-refractivity contribution in [1.29, 1.82) is 0 Å². The topological polar surface area (TPSA) is 61.9 Å². The summed E-state index contributed by atoms with van der Waals surface area (Å²) in [5.41, 5.74) is 0.591. The number of para-hydroxylation sites is 1. The summed E-state index contributed by atoms with van der Waals surface area (Å²) in [6.45, 7) is 12.2. The van der Waals surface area contributed by atoms with E-state index in [-0.39, 0.29) is 6.10 Å². The van der Waals surface area contributed by atoms with Gasteiger partial charge in [-0.1, -0.05) is 43.2 Å². The second-order valence-corrected chi connectivity index (χ2v) is 9.36. The molecule has 7 heteroatoms. The van der Waals surface area contributed by atoms with Crippen LogP contribution in [-0.2, 0) is 14.9 Å². The first-order valence-electron chi connectivity index (χ1n) is 10.9. The van der Waals surface area contributed by atoms with E-state index < -0.39 is 10.2 Å². The van der Waals surface area contributed by atoms with Crippen LogP contribution in [0.15, 0.2) is 55.6 Å². The third-order valence-electron chi connectivity index (χ3n) is 5.26. The molecule has 30 heavy (non-hydrogen) atoms. The van der Waals surface area contributed by atoms with E-state index in [1.165, 1.54) is 17.1 Å². The molecule has 1 aromatic rings. The Labute approximate surface area is 182 Å². The Balaban J connectivity index is 1.56. The van der Waals surface area contributed by atoms with Gasteiger partial charge in [-0.15, -0.1) is 13.2 Å². The molecule has 1 saturated heterocycles. The van der Waals surface area contributed by atoms with E-state index in [1.54, 1.807) is 12.1 Å². The maximum absolute atomic E-state index is 12.5. The van der Waals surface area contributed by atoms with Crippen molar-refractivity contribution in [3.05, 3.63) is 55.6 Å². The largest absolute Gasteiger partial charge is 0.378 e. The predicted octanol–water partition coefficient (Wildman–Crippen LogP) is 4.06. The van der Waals surface area contributed by atoms with Gasteiger partial charge < -0.3 is 4.74 Å². The minimum Gasteiger partial charge on any atom is -0.378 e. The van der Waals surface area contributed by atoms with Gasteiger partial charge in [-0.2, -0.15) is 12.7 Å². The van der Waals surface area contributed by atoms with E-state index in [1.807, 2.05) is 30.4 Å². The van der Waals surface area contributed by atoms with Crippen LogP contribution in [0.3, 0.4) is 0 Å². The summed E-state index contributed by atoms with van der Waals surface area (Å²) in [6, 6.07) is 9.00. The minimum absolute atomic E-state index is 0.156. The number of ether oxygens (including phenoxy) is 1. The lowest BCUT2D eigenvalue weighted by atomic mass is 10.1. The Hall–Kier alpha value is -1.67. The van der Waals surface area contributed by atoms with Crippen LogP contribution in [0.5, 0.6) is 0 Å². The molecule has 1 N–H and O–H groups in total. The summed E-state index contributed by atoms with van der Waals surface area (Å²) in [6.07, 6.45) is 10.1. The maximum atomic E-state index is 12.5. The molecule has 0 spiro atoms. The van der Waals surface area contributed by atoms with Crippen molar-refractivity contribution >= 4 is 15.9 Å². The fourth-order valence-corrected chi connectivity index (χ4v) is 4.88. The van der Waals surface area contributed by atoms with Gasteiger partial charge in [-0.25, -0.2) is 0 Å². The van der Waals surface area contributed by atoms with Gasteiger partial charge >= 0.3 is 10.2 Å². The number of benzene rings is 1. The van der Waals surface area contributed by atoms with Gasteiger partial charge in [0.1, 0.15) is 0 Å². The molecule has 0 aromatic heterocycles. The van der Waals surface area contributed by atoms with Crippen LogP contribution in [0.2, 0.25) is 0 Å². The third kappa shape index (κ3) is 9.00. The first kappa shape index (κ1) is 24.6. The van der Waals surface area contributed by atoms with Crippen molar-refractivity contribution in [3.8, 4) is 0 Å². The molecule has 1 aromatic carbocycles. The Morgan fingerprint density at radius 2 is 1.67 bits per heavy atom. The number of hydrogen-bond donors (Lipinski definition) is 1. The lowest BCUT2D eigenvalue weighted by Crippen LogP contribution is -2.43. The third-order valence-corrected chi connectivity index (χ3v) is 6.80. The van der Waals surface area contributed by atoms with E-state index in [0.717, 1.165) is 51.9 Å². The molecule has 1 aliphatic heterocycles. The average Bonchev–Trinajstić information content (AvgIpc) is 2.74. The van der Waals surface area contributed by atoms with Crippen LogP contribution in [0, 0.1) is 0 Å². The molecule has 1 aliphatic rings. The van der Waals surface area contributed by atoms with Gasteiger partial charge in [0.25, 0.3) is 0 Å². The molecule has 0 atom stereocenters. The molecule has 1 fully saturated rings. The number of hydrogen-bond acceptors (Lipinski definition) is 4. The molecule has 2 rings (SSSR count). The smallest absolute Gasteiger partial charge is 0.301 e. The summed E-state index contributed by atoms with van der Waals surface area (Å²) in [5.74, 6) is 0. The Kier molecular flexibility index (Phi) is 11.1. The standard InChI is InChI=1S/C23H37N3O3S/c1-3-16-25(17-4-2)18-10-5-6-11-21-29-23-14-19-26(20-15-23)30(27,28)24-22-12-8-7-9-13-22/h3-4,7-9,12-13,23-24H,1-2,5-6,10-11,14-21H2. The number of rotatable bonds is 15. The van der Waals surface area contributed by atoms with Gasteiger partial charge in [0, 0.05) is 38.5 Å². The number of piperidine rings is 1. The first-order valence-corrected chi connectivity index (χ1v) is 12.4. The molecule has 1 heterocycles. The molecular weight excluding hydrogens is 398 g/mol. The SMILES string of the molecule is C=CCN(CC=C)CCCCCCOC1CCN(S(=O)(=O)Nc2ccccc2)CC1. The number of unbranched alkanes of at least 4 members (excludes halogenated alkanes) is 3. The van der Waals surface area contributed by atoms with Crippen molar-refractivity contribution in [2.75, 3.05) is 44.1 Å². The van der Waals surface area contributed by atoms with Crippen molar-refractivity contribution in [2.24, 2.45) is 0 Å². The minimum atomic E-state index is -3.50. The molecule has 0 bridgehead atoms. The number of anilines is 1. The fourth-order valence-electron chi connectivity index (χ4n) is 3.62. The number of nitrogens with one attached hydrogen (secondary N) is 1. The second kappa shape index (κ2) is 13.6. The molecular formula is C23H37N3O3S. The zero-order chi connectivity index (χ0) is 21.7. The molecule has 168 valence electrons. The van der Waals surface area contributed by atoms with Crippen LogP contribution < -0.4 is 4.72 Å². The van der Waals surface area contributed by atoms with Crippen molar-refractivity contribution in [3.63, 3.8) is 0 Å². The average molecular weight is 436 g/mol. The summed E-state index contributed by atoms with van der Waals surface area (Å²) < 4.78 is 35.2. The van der Waals surface area contributed by atoms with Crippen LogP contribution in [-0.4, -0.2) is 63.1 Å². The molecule has 0 radical (unpaired) electrons. The Morgan fingerprint density at radius 3 is 2.30 bits per heavy atom. The highest BCUT2D eigenvalue weighted by molar-refractivity contribution is 7.90. The lowest BCUT2D eigenvalue weighted by Gasteiger charge is -2.31. The van der Waals surface area contributed by atoms with Crippen LogP contribution in [0.4, 0.5) is 5.69 Å². The highest BCUT2D eigenvalue weighted by atomic mass is 32.2. The second-order valence-electron chi connectivity index (χ2n) is 7.69. The number of nitrogens with zero attached hydrogens (tertiary/aromatic N) is 2. The summed E-state index contributed by atoms with van der Waals surface area (Å²) in [5, 5.41) is 0. The van der Waals surface area contributed by atoms with E-state index in [4.69, 9.17) is 4.74 Å². The van der Waals surface area contributed by atoms with Crippen LogP contribution in [0.1, 0.15) is 38.5 Å². The monoisotopic (exact) mass is 435 g/mol. The van der Waals surface area contributed by atoms with E-state index in [2.05, 4.69) is 22.8 Å².